The summed E-state index contributed by atoms with van der Waals surface area (Å²) in [6.07, 6.45) is -6.89. The molecule has 2 atom stereocenters. The minimum absolute atomic E-state index is 0.683. The van der Waals surface area contributed by atoms with E-state index in [4.69, 9.17) is 10.5 Å². The van der Waals surface area contributed by atoms with Gasteiger partial charge < -0.3 is 21.1 Å². The van der Waals surface area contributed by atoms with Crippen LogP contribution in [0.2, 0.25) is 0 Å². The minimum atomic E-state index is -5.13. The number of hydrogen-bond donors (Lipinski definition) is 3. The van der Waals surface area contributed by atoms with Crippen molar-refractivity contribution in [1.29, 1.82) is 0 Å². The highest BCUT2D eigenvalue weighted by Gasteiger charge is 2.42. The van der Waals surface area contributed by atoms with Gasteiger partial charge in [-0.15, -0.1) is 0 Å². The number of nitrogens with two attached hydrogens (primary N) is 1. The molecule has 0 rings (SSSR count). The summed E-state index contributed by atoms with van der Waals surface area (Å²) in [7, 11) is 0. The first-order valence-corrected chi connectivity index (χ1v) is 6.82. The smallest absolute Gasteiger partial charge is 0.444 e. The number of nitrogens with one attached hydrogen (secondary N) is 2. The van der Waals surface area contributed by atoms with Crippen LogP contribution in [-0.4, -0.2) is 47.6 Å². The van der Waals surface area contributed by atoms with E-state index in [0.717, 1.165) is 6.92 Å². The molecule has 0 radical (unpaired) electrons. The van der Waals surface area contributed by atoms with Crippen molar-refractivity contribution in [2.24, 2.45) is 5.73 Å². The largest absolute Gasteiger partial charge is 0.452 e. The average molecular weight is 355 g/mol. The molecule has 8 nitrogen and oxygen atoms in total. The van der Waals surface area contributed by atoms with Crippen LogP contribution < -0.4 is 16.4 Å². The van der Waals surface area contributed by atoms with E-state index in [1.54, 1.807) is 26.1 Å². The first kappa shape index (κ1) is 21.7. The van der Waals surface area contributed by atoms with E-state index in [-0.39, 0.29) is 0 Å². The highest BCUT2D eigenvalue weighted by molar-refractivity contribution is 5.95. The molecule has 0 heterocycles. The van der Waals surface area contributed by atoms with E-state index >= 15 is 0 Å². The summed E-state index contributed by atoms with van der Waals surface area (Å²) >= 11 is 0. The summed E-state index contributed by atoms with van der Waals surface area (Å²) in [5.74, 6) is -4.34. The van der Waals surface area contributed by atoms with Crippen molar-refractivity contribution >= 4 is 23.7 Å². The van der Waals surface area contributed by atoms with Gasteiger partial charge in [-0.05, 0) is 27.7 Å². The third kappa shape index (κ3) is 8.34. The normalized spacial score (nSPS) is 14.3. The van der Waals surface area contributed by atoms with Crippen molar-refractivity contribution in [3.05, 3.63) is 0 Å². The molecule has 3 amide bonds. The third-order valence-corrected chi connectivity index (χ3v) is 2.44. The Hall–Kier alpha value is -2.33. The zero-order valence-electron chi connectivity index (χ0n) is 13.6. The van der Waals surface area contributed by atoms with Crippen molar-refractivity contribution in [3.8, 4) is 0 Å². The molecule has 0 aromatic heterocycles. The van der Waals surface area contributed by atoms with Gasteiger partial charge in [0.05, 0.1) is 12.5 Å². The highest BCUT2D eigenvalue weighted by Crippen LogP contribution is 2.17. The number of amides is 3. The molecule has 24 heavy (non-hydrogen) atoms. The Morgan fingerprint density at radius 1 is 1.08 bits per heavy atom. The van der Waals surface area contributed by atoms with Gasteiger partial charge in [-0.2, -0.15) is 13.2 Å². The number of carbonyl (C=O) groups is 4. The van der Waals surface area contributed by atoms with Gasteiger partial charge in [-0.1, -0.05) is 0 Å². The Morgan fingerprint density at radius 3 is 1.96 bits per heavy atom. The number of carbonyl (C=O) groups excluding carboxylic acids is 4. The van der Waals surface area contributed by atoms with Gasteiger partial charge in [0.1, 0.15) is 11.6 Å². The van der Waals surface area contributed by atoms with E-state index in [9.17, 15) is 32.3 Å². The fourth-order valence-corrected chi connectivity index (χ4v) is 1.49. The maximum Gasteiger partial charge on any atom is 0.452 e. The van der Waals surface area contributed by atoms with Crippen molar-refractivity contribution < 1.29 is 37.1 Å². The zero-order chi connectivity index (χ0) is 19.3. The van der Waals surface area contributed by atoms with Gasteiger partial charge in [0.15, 0.2) is 0 Å². The second-order valence-electron chi connectivity index (χ2n) is 5.96. The fraction of sp³-hybridized carbons (Fsp3) is 0.692. The van der Waals surface area contributed by atoms with Crippen LogP contribution >= 0.6 is 0 Å². The van der Waals surface area contributed by atoms with Crippen LogP contribution in [0.15, 0.2) is 0 Å². The van der Waals surface area contributed by atoms with Crippen molar-refractivity contribution in [3.63, 3.8) is 0 Å². The summed E-state index contributed by atoms with van der Waals surface area (Å²) in [4.78, 5) is 45.5. The summed E-state index contributed by atoms with van der Waals surface area (Å²) in [5, 5.41) is 3.79. The van der Waals surface area contributed by atoms with Crippen molar-refractivity contribution in [1.82, 2.24) is 10.6 Å². The van der Waals surface area contributed by atoms with Crippen LogP contribution in [0, 0.1) is 0 Å². The van der Waals surface area contributed by atoms with Crippen LogP contribution in [0.25, 0.3) is 0 Å². The topological polar surface area (TPSA) is 128 Å². The van der Waals surface area contributed by atoms with E-state index in [2.05, 4.69) is 0 Å². The molecule has 0 aliphatic rings. The second kappa shape index (κ2) is 7.97. The summed E-state index contributed by atoms with van der Waals surface area (Å²) in [6, 6.07) is -3.48. The minimum Gasteiger partial charge on any atom is -0.444 e. The van der Waals surface area contributed by atoms with Gasteiger partial charge in [0, 0.05) is 0 Å². The zero-order valence-corrected chi connectivity index (χ0v) is 13.6. The molecular weight excluding hydrogens is 335 g/mol. The predicted octanol–water partition coefficient (Wildman–Crippen LogP) is 0.391. The van der Waals surface area contributed by atoms with Crippen molar-refractivity contribution in [2.45, 2.75) is 58.0 Å². The molecule has 0 aromatic carbocycles. The van der Waals surface area contributed by atoms with Crippen LogP contribution in [0.5, 0.6) is 0 Å². The molecule has 0 saturated heterocycles. The number of hydrogen-bond acceptors (Lipinski definition) is 5. The number of halogens is 3. The van der Waals surface area contributed by atoms with E-state index < -0.39 is 54.0 Å². The molecule has 11 heteroatoms. The number of rotatable bonds is 6. The number of primary amides is 1. The van der Waals surface area contributed by atoms with Crippen LogP contribution in [0.4, 0.5) is 18.0 Å². The van der Waals surface area contributed by atoms with Gasteiger partial charge in [0.25, 0.3) is 5.78 Å². The monoisotopic (exact) mass is 355 g/mol. The number of alkyl carbamates (subject to hydrolysis) is 1. The molecule has 1 unspecified atom stereocenters. The Kier molecular flexibility index (Phi) is 7.20. The lowest BCUT2D eigenvalue weighted by atomic mass is 10.1. The van der Waals surface area contributed by atoms with Crippen LogP contribution in [0.3, 0.4) is 0 Å². The standard InChI is InChI=1S/C13H20F3N3O5/c1-6(9(21)13(14,15)16)18-10(22)7(5-8(17)20)19-11(23)24-12(2,3)4/h6-7H,5H2,1-4H3,(H2,17,20)(H,18,22)(H,19,23)/t6?,7-/m0/s1. The number of alkyl halides is 3. The van der Waals surface area contributed by atoms with E-state index in [0.29, 0.717) is 0 Å². The molecule has 0 bridgehead atoms. The lowest BCUT2D eigenvalue weighted by Crippen LogP contribution is -2.54. The predicted molar refractivity (Wildman–Crippen MR) is 75.6 cm³/mol. The Balaban J connectivity index is 4.99. The van der Waals surface area contributed by atoms with Crippen LogP contribution in [-0.2, 0) is 19.1 Å². The first-order valence-electron chi connectivity index (χ1n) is 6.82. The van der Waals surface area contributed by atoms with Gasteiger partial charge in [-0.3, -0.25) is 14.4 Å². The maximum atomic E-state index is 12.3. The van der Waals surface area contributed by atoms with Crippen molar-refractivity contribution in [2.75, 3.05) is 0 Å². The molecule has 0 saturated carbocycles. The summed E-state index contributed by atoms with van der Waals surface area (Å²) < 4.78 is 41.8. The number of ether oxygens (including phenoxy) is 1. The molecule has 138 valence electrons. The average Bonchev–Trinajstić information content (AvgIpc) is 2.32. The van der Waals surface area contributed by atoms with Crippen LogP contribution in [0.1, 0.15) is 34.1 Å². The number of ketones is 1. The molecule has 0 aromatic rings. The molecule has 0 aliphatic heterocycles. The Morgan fingerprint density at radius 2 is 1.58 bits per heavy atom. The van der Waals surface area contributed by atoms with Gasteiger partial charge >= 0.3 is 12.3 Å². The van der Waals surface area contributed by atoms with Gasteiger partial charge in [0.2, 0.25) is 11.8 Å². The highest BCUT2D eigenvalue weighted by atomic mass is 19.4. The maximum absolute atomic E-state index is 12.3. The Labute approximate surface area is 136 Å². The number of Topliss-reactive ketones (excluding diaryl/α,β-unsaturated/α-hetero) is 1. The lowest BCUT2D eigenvalue weighted by Gasteiger charge is -2.23. The summed E-state index contributed by atoms with van der Waals surface area (Å²) in [6.45, 7) is 5.45. The van der Waals surface area contributed by atoms with E-state index in [1.807, 2.05) is 5.32 Å². The molecule has 4 N–H and O–H groups in total. The molecule has 0 spiro atoms. The third-order valence-electron chi connectivity index (χ3n) is 2.44. The molecule has 0 fully saturated rings. The molecular formula is C13H20F3N3O5. The first-order chi connectivity index (χ1) is 10.6. The van der Waals surface area contributed by atoms with E-state index in [1.165, 1.54) is 0 Å². The quantitative estimate of drug-likeness (QED) is 0.635. The lowest BCUT2D eigenvalue weighted by molar-refractivity contribution is -0.173. The second-order valence-corrected chi connectivity index (χ2v) is 5.96. The van der Waals surface area contributed by atoms with Gasteiger partial charge in [-0.25, -0.2) is 4.79 Å². The summed E-state index contributed by atoms with van der Waals surface area (Å²) in [5.41, 5.74) is 4.03. The fourth-order valence-electron chi connectivity index (χ4n) is 1.49. The Bertz CT molecular complexity index is 514. The SMILES string of the molecule is CC(NC(=O)[C@H](CC(N)=O)NC(=O)OC(C)(C)C)C(=O)C(F)(F)F. The molecule has 0 aliphatic carbocycles.